The number of pyridine rings is 1. The summed E-state index contributed by atoms with van der Waals surface area (Å²) in [6.45, 7) is 0. The summed E-state index contributed by atoms with van der Waals surface area (Å²) in [6, 6.07) is 20.3. The molecule has 116 valence electrons. The lowest BCUT2D eigenvalue weighted by Crippen LogP contribution is -1.93. The summed E-state index contributed by atoms with van der Waals surface area (Å²) < 4.78 is 5.37. The molecule has 0 fully saturated rings. The highest BCUT2D eigenvalue weighted by molar-refractivity contribution is 5.90. The Hall–Kier alpha value is -3.27. The first-order chi connectivity index (χ1) is 11.9. The van der Waals surface area contributed by atoms with E-state index in [-0.39, 0.29) is 0 Å². The summed E-state index contributed by atoms with van der Waals surface area (Å²) in [6.07, 6.45) is 3.33. The molecule has 0 aliphatic heterocycles. The maximum atomic E-state index is 5.37. The van der Waals surface area contributed by atoms with E-state index in [1.54, 1.807) is 7.11 Å². The monoisotopic (exact) mass is 313 g/mol. The lowest BCUT2D eigenvalue weighted by molar-refractivity contribution is 0.402. The van der Waals surface area contributed by atoms with E-state index in [1.165, 1.54) is 6.33 Å². The van der Waals surface area contributed by atoms with Crippen LogP contribution >= 0.6 is 0 Å². The molecule has 0 bridgehead atoms. The molecule has 4 heteroatoms. The van der Waals surface area contributed by atoms with E-state index in [9.17, 15) is 0 Å². The highest BCUT2D eigenvalue weighted by atomic mass is 16.5. The third kappa shape index (κ3) is 2.48. The Bertz CT molecular complexity index is 1000. The van der Waals surface area contributed by atoms with Crippen molar-refractivity contribution in [3.05, 3.63) is 73.2 Å². The van der Waals surface area contributed by atoms with E-state index in [4.69, 9.17) is 4.74 Å². The van der Waals surface area contributed by atoms with Crippen molar-refractivity contribution in [1.29, 1.82) is 0 Å². The molecule has 4 rings (SSSR count). The van der Waals surface area contributed by atoms with Crippen LogP contribution in [0.2, 0.25) is 0 Å². The highest BCUT2D eigenvalue weighted by Crippen LogP contribution is 2.33. The smallest absolute Gasteiger partial charge is 0.224 e. The molecule has 0 radical (unpaired) electrons. The second kappa shape index (κ2) is 6.08. The normalized spacial score (nSPS) is 10.7. The topological polar surface area (TPSA) is 47.9 Å². The predicted octanol–water partition coefficient (Wildman–Crippen LogP) is 4.37. The van der Waals surface area contributed by atoms with Gasteiger partial charge in [-0.15, -0.1) is 0 Å². The van der Waals surface area contributed by atoms with Crippen molar-refractivity contribution in [1.82, 2.24) is 15.0 Å². The Morgan fingerprint density at radius 3 is 2.50 bits per heavy atom. The summed E-state index contributed by atoms with van der Waals surface area (Å²) in [5, 5.41) is 0.889. The number of hydrogen-bond acceptors (Lipinski definition) is 4. The molecule has 4 nitrogen and oxygen atoms in total. The van der Waals surface area contributed by atoms with Crippen LogP contribution in [-0.4, -0.2) is 22.1 Å². The van der Waals surface area contributed by atoms with Crippen molar-refractivity contribution < 1.29 is 4.74 Å². The van der Waals surface area contributed by atoms with Crippen molar-refractivity contribution in [2.75, 3.05) is 7.11 Å². The molecule has 0 aliphatic rings. The number of nitrogens with zero attached hydrogens (tertiary/aromatic N) is 3. The van der Waals surface area contributed by atoms with Crippen LogP contribution in [0.15, 0.2) is 73.2 Å². The van der Waals surface area contributed by atoms with Crippen LogP contribution in [0.1, 0.15) is 0 Å². The van der Waals surface area contributed by atoms with Crippen LogP contribution in [0.4, 0.5) is 0 Å². The molecule has 24 heavy (non-hydrogen) atoms. The number of rotatable bonds is 3. The standard InChI is InChI=1S/C20H15N3O/c1-24-20-17-12-15(9-10-18(17)22-13-23-20)16-8-5-11-21-19(16)14-6-3-2-4-7-14/h2-13H,1H3. The number of benzene rings is 2. The maximum Gasteiger partial charge on any atom is 0.224 e. The Morgan fingerprint density at radius 2 is 1.67 bits per heavy atom. The van der Waals surface area contributed by atoms with E-state index >= 15 is 0 Å². The van der Waals surface area contributed by atoms with Gasteiger partial charge in [0, 0.05) is 17.3 Å². The van der Waals surface area contributed by atoms with Crippen molar-refractivity contribution in [2.45, 2.75) is 0 Å². The van der Waals surface area contributed by atoms with Crippen LogP contribution in [0.5, 0.6) is 5.88 Å². The summed E-state index contributed by atoms with van der Waals surface area (Å²) in [7, 11) is 1.62. The summed E-state index contributed by atoms with van der Waals surface area (Å²) in [5.74, 6) is 0.576. The van der Waals surface area contributed by atoms with Gasteiger partial charge in [-0.1, -0.05) is 42.5 Å². The summed E-state index contributed by atoms with van der Waals surface area (Å²) in [5.41, 5.74) is 5.02. The minimum Gasteiger partial charge on any atom is -0.480 e. The van der Waals surface area contributed by atoms with Gasteiger partial charge in [0.15, 0.2) is 0 Å². The van der Waals surface area contributed by atoms with Gasteiger partial charge in [-0.3, -0.25) is 4.98 Å². The molecule has 4 aromatic rings. The van der Waals surface area contributed by atoms with Crippen molar-refractivity contribution >= 4 is 10.9 Å². The molecule has 0 saturated heterocycles. The first-order valence-corrected chi connectivity index (χ1v) is 7.66. The SMILES string of the molecule is COc1ncnc2ccc(-c3cccnc3-c3ccccc3)cc12. The molecule has 2 heterocycles. The third-order valence-corrected chi connectivity index (χ3v) is 3.96. The minimum absolute atomic E-state index is 0.576. The molecule has 0 atom stereocenters. The number of hydrogen-bond donors (Lipinski definition) is 0. The van der Waals surface area contributed by atoms with E-state index in [0.29, 0.717) is 5.88 Å². The van der Waals surface area contributed by atoms with Gasteiger partial charge in [0.05, 0.1) is 23.7 Å². The number of methoxy groups -OCH3 is 1. The third-order valence-electron chi connectivity index (χ3n) is 3.96. The van der Waals surface area contributed by atoms with E-state index in [0.717, 1.165) is 33.3 Å². The van der Waals surface area contributed by atoms with Crippen LogP contribution in [0.25, 0.3) is 33.3 Å². The summed E-state index contributed by atoms with van der Waals surface area (Å²) in [4.78, 5) is 13.1. The molecule has 0 unspecified atom stereocenters. The van der Waals surface area contributed by atoms with Gasteiger partial charge in [0.1, 0.15) is 6.33 Å². The lowest BCUT2D eigenvalue weighted by atomic mass is 9.98. The fraction of sp³-hybridized carbons (Fsp3) is 0.0500. The quantitative estimate of drug-likeness (QED) is 0.563. The average Bonchev–Trinajstić information content (AvgIpc) is 2.68. The first-order valence-electron chi connectivity index (χ1n) is 7.66. The zero-order valence-corrected chi connectivity index (χ0v) is 13.2. The van der Waals surface area contributed by atoms with E-state index in [1.807, 2.05) is 36.5 Å². The number of aromatic nitrogens is 3. The van der Waals surface area contributed by atoms with Crippen LogP contribution in [0, 0.1) is 0 Å². The van der Waals surface area contributed by atoms with Gasteiger partial charge < -0.3 is 4.74 Å². The Balaban J connectivity index is 1.93. The largest absolute Gasteiger partial charge is 0.480 e. The molecular formula is C20H15N3O. The molecular weight excluding hydrogens is 298 g/mol. The molecule has 0 N–H and O–H groups in total. The second-order valence-corrected chi connectivity index (χ2v) is 5.38. The lowest BCUT2D eigenvalue weighted by Gasteiger charge is -2.10. The predicted molar refractivity (Wildman–Crippen MR) is 94.8 cm³/mol. The van der Waals surface area contributed by atoms with Gasteiger partial charge in [-0.05, 0) is 23.8 Å². The zero-order valence-electron chi connectivity index (χ0n) is 13.2. The first kappa shape index (κ1) is 14.3. The number of ether oxygens (including phenoxy) is 1. The Morgan fingerprint density at radius 1 is 0.792 bits per heavy atom. The summed E-state index contributed by atoms with van der Waals surface area (Å²) >= 11 is 0. The van der Waals surface area contributed by atoms with Crippen LogP contribution in [0.3, 0.4) is 0 Å². The van der Waals surface area contributed by atoms with Crippen molar-refractivity contribution in [3.63, 3.8) is 0 Å². The Kier molecular flexibility index (Phi) is 3.63. The number of fused-ring (bicyclic) bond motifs is 1. The average molecular weight is 313 g/mol. The van der Waals surface area contributed by atoms with E-state index < -0.39 is 0 Å². The van der Waals surface area contributed by atoms with Gasteiger partial charge in [0.2, 0.25) is 5.88 Å². The molecule has 0 spiro atoms. The fourth-order valence-corrected chi connectivity index (χ4v) is 2.83. The Labute approximate surface area is 139 Å². The van der Waals surface area contributed by atoms with Crippen molar-refractivity contribution in [2.24, 2.45) is 0 Å². The van der Waals surface area contributed by atoms with Crippen molar-refractivity contribution in [3.8, 4) is 28.3 Å². The highest BCUT2D eigenvalue weighted by Gasteiger charge is 2.11. The molecule has 0 saturated carbocycles. The fourth-order valence-electron chi connectivity index (χ4n) is 2.83. The van der Waals surface area contributed by atoms with Crippen LogP contribution < -0.4 is 4.74 Å². The van der Waals surface area contributed by atoms with Gasteiger partial charge in [-0.2, -0.15) is 0 Å². The van der Waals surface area contributed by atoms with E-state index in [2.05, 4.69) is 45.3 Å². The molecule has 2 aromatic carbocycles. The van der Waals surface area contributed by atoms with Gasteiger partial charge in [0.25, 0.3) is 0 Å². The zero-order chi connectivity index (χ0) is 16.4. The van der Waals surface area contributed by atoms with Crippen LogP contribution in [-0.2, 0) is 0 Å². The molecule has 0 aliphatic carbocycles. The second-order valence-electron chi connectivity index (χ2n) is 5.38. The molecule has 2 aromatic heterocycles. The maximum absolute atomic E-state index is 5.37. The van der Waals surface area contributed by atoms with Gasteiger partial charge in [-0.25, -0.2) is 9.97 Å². The van der Waals surface area contributed by atoms with Gasteiger partial charge >= 0.3 is 0 Å². The molecule has 0 amide bonds. The minimum atomic E-state index is 0.576.